The molecule has 24 heavy (non-hydrogen) atoms. The standard InChI is InChI=1S/C20H19N3O/c1-14-10-11-18(19(15(2)24)16-7-6-12-21-13-16)20(22-14)23-17-8-4-3-5-9-17/h3-13,19H,1-2H3,(H,22,23). The smallest absolute Gasteiger partial charge is 0.141 e. The van der Waals surface area contributed by atoms with Crippen molar-refractivity contribution in [1.29, 1.82) is 0 Å². The molecule has 2 heterocycles. The predicted molar refractivity (Wildman–Crippen MR) is 95.5 cm³/mol. The fourth-order valence-electron chi connectivity index (χ4n) is 2.74. The number of para-hydroxylation sites is 1. The number of nitrogens with zero attached hydrogens (tertiary/aromatic N) is 2. The lowest BCUT2D eigenvalue weighted by atomic mass is 9.89. The van der Waals surface area contributed by atoms with E-state index in [0.29, 0.717) is 5.82 Å². The molecule has 0 aliphatic rings. The van der Waals surface area contributed by atoms with E-state index in [1.165, 1.54) is 0 Å². The van der Waals surface area contributed by atoms with E-state index in [0.717, 1.165) is 22.5 Å². The first-order valence-corrected chi connectivity index (χ1v) is 7.85. The Morgan fingerprint density at radius 3 is 2.50 bits per heavy atom. The summed E-state index contributed by atoms with van der Waals surface area (Å²) >= 11 is 0. The third-order valence-electron chi connectivity index (χ3n) is 3.84. The molecule has 0 aliphatic carbocycles. The summed E-state index contributed by atoms with van der Waals surface area (Å²) in [6, 6.07) is 17.5. The van der Waals surface area contributed by atoms with E-state index >= 15 is 0 Å². The van der Waals surface area contributed by atoms with Crippen molar-refractivity contribution in [2.45, 2.75) is 19.8 Å². The van der Waals surface area contributed by atoms with Gasteiger partial charge in [-0.15, -0.1) is 0 Å². The molecule has 4 nitrogen and oxygen atoms in total. The number of anilines is 2. The number of nitrogens with one attached hydrogen (secondary N) is 1. The quantitative estimate of drug-likeness (QED) is 0.764. The molecule has 1 aromatic carbocycles. The van der Waals surface area contributed by atoms with Crippen LogP contribution in [0.25, 0.3) is 0 Å². The van der Waals surface area contributed by atoms with Gasteiger partial charge in [-0.2, -0.15) is 0 Å². The van der Waals surface area contributed by atoms with Gasteiger partial charge in [-0.25, -0.2) is 4.98 Å². The van der Waals surface area contributed by atoms with Gasteiger partial charge in [0.2, 0.25) is 0 Å². The fraction of sp³-hybridized carbons (Fsp3) is 0.150. The third kappa shape index (κ3) is 3.49. The summed E-state index contributed by atoms with van der Waals surface area (Å²) in [6.07, 6.45) is 3.44. The van der Waals surface area contributed by atoms with Crippen LogP contribution < -0.4 is 5.32 Å². The zero-order chi connectivity index (χ0) is 16.9. The van der Waals surface area contributed by atoms with E-state index in [-0.39, 0.29) is 5.78 Å². The van der Waals surface area contributed by atoms with Gasteiger partial charge in [0, 0.05) is 29.3 Å². The number of hydrogen-bond donors (Lipinski definition) is 1. The summed E-state index contributed by atoms with van der Waals surface area (Å²) in [5.41, 5.74) is 3.55. The Balaban J connectivity index is 2.07. The molecule has 4 heteroatoms. The Bertz CT molecular complexity index is 832. The Morgan fingerprint density at radius 1 is 1.04 bits per heavy atom. The maximum atomic E-state index is 12.4. The molecule has 1 N–H and O–H groups in total. The second-order valence-electron chi connectivity index (χ2n) is 5.71. The monoisotopic (exact) mass is 317 g/mol. The molecule has 0 fully saturated rings. The van der Waals surface area contributed by atoms with Crippen LogP contribution in [0.5, 0.6) is 0 Å². The summed E-state index contributed by atoms with van der Waals surface area (Å²) in [7, 11) is 0. The Hall–Kier alpha value is -3.01. The maximum Gasteiger partial charge on any atom is 0.141 e. The highest BCUT2D eigenvalue weighted by Crippen LogP contribution is 2.31. The van der Waals surface area contributed by atoms with E-state index in [1.54, 1.807) is 19.3 Å². The number of carbonyl (C=O) groups is 1. The molecule has 0 saturated heterocycles. The fourth-order valence-corrected chi connectivity index (χ4v) is 2.74. The van der Waals surface area contributed by atoms with E-state index in [2.05, 4.69) is 15.3 Å². The van der Waals surface area contributed by atoms with E-state index < -0.39 is 5.92 Å². The first-order chi connectivity index (χ1) is 11.6. The van der Waals surface area contributed by atoms with E-state index in [1.807, 2.05) is 61.5 Å². The van der Waals surface area contributed by atoms with Crippen LogP contribution in [0.2, 0.25) is 0 Å². The molecule has 3 aromatic rings. The molecule has 2 aromatic heterocycles. The summed E-state index contributed by atoms with van der Waals surface area (Å²) in [6.45, 7) is 3.54. The lowest BCUT2D eigenvalue weighted by Gasteiger charge is -2.19. The van der Waals surface area contributed by atoms with Crippen LogP contribution >= 0.6 is 0 Å². The molecule has 0 spiro atoms. The second kappa shape index (κ2) is 7.04. The van der Waals surface area contributed by atoms with Gasteiger partial charge >= 0.3 is 0 Å². The van der Waals surface area contributed by atoms with Crippen molar-refractivity contribution in [2.75, 3.05) is 5.32 Å². The zero-order valence-corrected chi connectivity index (χ0v) is 13.7. The Morgan fingerprint density at radius 2 is 1.83 bits per heavy atom. The van der Waals surface area contributed by atoms with Crippen LogP contribution in [-0.2, 0) is 4.79 Å². The largest absolute Gasteiger partial charge is 0.340 e. The number of benzene rings is 1. The van der Waals surface area contributed by atoms with Crippen LogP contribution in [0.15, 0.2) is 67.0 Å². The molecule has 3 rings (SSSR count). The first-order valence-electron chi connectivity index (χ1n) is 7.85. The summed E-state index contributed by atoms with van der Waals surface area (Å²) in [5.74, 6) is 0.369. The van der Waals surface area contributed by atoms with Gasteiger partial charge < -0.3 is 5.32 Å². The molecule has 0 bridgehead atoms. The van der Waals surface area contributed by atoms with Crippen molar-refractivity contribution in [1.82, 2.24) is 9.97 Å². The molecule has 0 aliphatic heterocycles. The van der Waals surface area contributed by atoms with Crippen LogP contribution in [0, 0.1) is 6.92 Å². The topological polar surface area (TPSA) is 54.9 Å². The highest BCUT2D eigenvalue weighted by molar-refractivity contribution is 5.88. The zero-order valence-electron chi connectivity index (χ0n) is 13.7. The molecular formula is C20H19N3O. The SMILES string of the molecule is CC(=O)C(c1cccnc1)c1ccc(C)nc1Nc1ccccc1. The molecular weight excluding hydrogens is 298 g/mol. The number of rotatable bonds is 5. The van der Waals surface area contributed by atoms with Crippen molar-refractivity contribution >= 4 is 17.3 Å². The number of pyridine rings is 2. The summed E-state index contributed by atoms with van der Waals surface area (Å²) in [4.78, 5) is 21.1. The molecule has 0 radical (unpaired) electrons. The lowest BCUT2D eigenvalue weighted by molar-refractivity contribution is -0.117. The number of carbonyl (C=O) groups excluding carboxylic acids is 1. The van der Waals surface area contributed by atoms with Gasteiger partial charge in [-0.1, -0.05) is 30.3 Å². The normalized spacial score (nSPS) is 11.8. The van der Waals surface area contributed by atoms with Gasteiger partial charge in [-0.05, 0) is 43.7 Å². The number of hydrogen-bond acceptors (Lipinski definition) is 4. The van der Waals surface area contributed by atoms with Crippen molar-refractivity contribution in [3.8, 4) is 0 Å². The lowest BCUT2D eigenvalue weighted by Crippen LogP contribution is -2.14. The molecule has 1 unspecified atom stereocenters. The third-order valence-corrected chi connectivity index (χ3v) is 3.84. The minimum absolute atomic E-state index is 0.0600. The number of Topliss-reactive ketones (excluding diaryl/α,β-unsaturated/α-hetero) is 1. The van der Waals surface area contributed by atoms with E-state index in [9.17, 15) is 4.79 Å². The van der Waals surface area contributed by atoms with Crippen LogP contribution in [0.1, 0.15) is 29.7 Å². The predicted octanol–water partition coefficient (Wildman–Crippen LogP) is 4.25. The van der Waals surface area contributed by atoms with Crippen molar-refractivity contribution in [3.63, 3.8) is 0 Å². The average molecular weight is 317 g/mol. The van der Waals surface area contributed by atoms with Crippen LogP contribution in [0.4, 0.5) is 11.5 Å². The van der Waals surface area contributed by atoms with Gasteiger partial charge in [-0.3, -0.25) is 9.78 Å². The second-order valence-corrected chi connectivity index (χ2v) is 5.71. The van der Waals surface area contributed by atoms with Crippen LogP contribution in [-0.4, -0.2) is 15.8 Å². The first kappa shape index (κ1) is 15.9. The number of ketones is 1. The van der Waals surface area contributed by atoms with Gasteiger partial charge in [0.15, 0.2) is 0 Å². The minimum atomic E-state index is -0.391. The van der Waals surface area contributed by atoms with Crippen molar-refractivity contribution < 1.29 is 4.79 Å². The molecule has 0 saturated carbocycles. The summed E-state index contributed by atoms with van der Waals surface area (Å²) < 4.78 is 0. The minimum Gasteiger partial charge on any atom is -0.340 e. The van der Waals surface area contributed by atoms with Gasteiger partial charge in [0.1, 0.15) is 11.6 Å². The molecule has 1 atom stereocenters. The highest BCUT2D eigenvalue weighted by Gasteiger charge is 2.23. The summed E-state index contributed by atoms with van der Waals surface area (Å²) in [5, 5.41) is 3.33. The highest BCUT2D eigenvalue weighted by atomic mass is 16.1. The maximum absolute atomic E-state index is 12.4. The van der Waals surface area contributed by atoms with E-state index in [4.69, 9.17) is 0 Å². The van der Waals surface area contributed by atoms with Gasteiger partial charge in [0.25, 0.3) is 0 Å². The van der Waals surface area contributed by atoms with Crippen LogP contribution in [0.3, 0.4) is 0 Å². The Labute approximate surface area is 141 Å². The molecule has 120 valence electrons. The van der Waals surface area contributed by atoms with Crippen molar-refractivity contribution in [3.05, 3.63) is 83.8 Å². The number of aryl methyl sites for hydroxylation is 1. The number of aromatic nitrogens is 2. The van der Waals surface area contributed by atoms with Gasteiger partial charge in [0.05, 0.1) is 5.92 Å². The Kier molecular flexibility index (Phi) is 4.66. The van der Waals surface area contributed by atoms with Crippen molar-refractivity contribution in [2.24, 2.45) is 0 Å². The molecule has 0 amide bonds. The average Bonchev–Trinajstić information content (AvgIpc) is 2.59.